The molecule has 1 rings (SSSR count). The van der Waals surface area contributed by atoms with E-state index in [1.54, 1.807) is 24.3 Å². The van der Waals surface area contributed by atoms with Crippen molar-refractivity contribution < 1.29 is 13.2 Å². The topological polar surface area (TPSA) is 66.5 Å². The maximum absolute atomic E-state index is 11.9. The van der Waals surface area contributed by atoms with Crippen molar-refractivity contribution in [3.05, 3.63) is 28.7 Å². The Morgan fingerprint density at radius 1 is 1.30 bits per heavy atom. The largest absolute Gasteiger partial charge is 0.325 e. The van der Waals surface area contributed by atoms with Gasteiger partial charge in [-0.15, -0.1) is 0 Å². The summed E-state index contributed by atoms with van der Waals surface area (Å²) >= 11 is 3.30. The molecule has 0 fully saturated rings. The van der Waals surface area contributed by atoms with Gasteiger partial charge >= 0.3 is 0 Å². The highest BCUT2D eigenvalue weighted by molar-refractivity contribution is 9.10. The summed E-state index contributed by atoms with van der Waals surface area (Å²) in [5.41, 5.74) is 0.635. The summed E-state index contributed by atoms with van der Waals surface area (Å²) in [7, 11) is -3.39. The molecule has 7 heteroatoms. The molecule has 0 aliphatic rings. The highest BCUT2D eigenvalue weighted by Gasteiger charge is 2.21. The number of carbonyl (C=O) groups excluding carboxylic acids is 1. The minimum atomic E-state index is -3.39. The monoisotopic (exact) mass is 362 g/mol. The molecule has 0 unspecified atom stereocenters. The minimum Gasteiger partial charge on any atom is -0.325 e. The van der Waals surface area contributed by atoms with E-state index in [4.69, 9.17) is 0 Å². The maximum Gasteiger partial charge on any atom is 0.239 e. The van der Waals surface area contributed by atoms with Gasteiger partial charge in [0.1, 0.15) is 0 Å². The second-order valence-corrected chi connectivity index (χ2v) is 7.90. The van der Waals surface area contributed by atoms with Crippen molar-refractivity contribution in [2.75, 3.05) is 24.7 Å². The van der Waals surface area contributed by atoms with Crippen molar-refractivity contribution >= 4 is 37.5 Å². The van der Waals surface area contributed by atoms with Gasteiger partial charge in [-0.05, 0) is 30.2 Å². The molecule has 0 radical (unpaired) electrons. The number of hydrogen-bond donors (Lipinski definition) is 1. The fourth-order valence-corrected chi connectivity index (χ4v) is 2.80. The first-order valence-electron chi connectivity index (χ1n) is 6.19. The van der Waals surface area contributed by atoms with Gasteiger partial charge in [0.2, 0.25) is 15.9 Å². The van der Waals surface area contributed by atoms with Crippen molar-refractivity contribution in [2.45, 2.75) is 13.8 Å². The van der Waals surface area contributed by atoms with Crippen molar-refractivity contribution in [3.8, 4) is 0 Å². The van der Waals surface area contributed by atoms with E-state index in [0.717, 1.165) is 10.7 Å². The summed E-state index contributed by atoms with van der Waals surface area (Å²) in [6, 6.07) is 7.10. The number of amides is 1. The molecule has 0 saturated carbocycles. The third-order valence-corrected chi connectivity index (χ3v) is 4.23. The molecule has 0 saturated heterocycles. The molecule has 5 nitrogen and oxygen atoms in total. The highest BCUT2D eigenvalue weighted by Crippen LogP contribution is 2.14. The first-order chi connectivity index (χ1) is 9.18. The number of hydrogen-bond acceptors (Lipinski definition) is 3. The second-order valence-electron chi connectivity index (χ2n) is 5.00. The van der Waals surface area contributed by atoms with Crippen LogP contribution >= 0.6 is 15.9 Å². The lowest BCUT2D eigenvalue weighted by atomic mass is 10.2. The molecule has 1 aromatic carbocycles. The normalized spacial score (nSPS) is 11.9. The number of nitrogens with one attached hydrogen (secondary N) is 1. The minimum absolute atomic E-state index is 0.158. The number of anilines is 1. The van der Waals surface area contributed by atoms with E-state index in [-0.39, 0.29) is 18.4 Å². The van der Waals surface area contributed by atoms with Gasteiger partial charge in [-0.3, -0.25) is 4.79 Å². The van der Waals surface area contributed by atoms with Crippen LogP contribution in [0.25, 0.3) is 0 Å². The van der Waals surface area contributed by atoms with Gasteiger partial charge in [0.15, 0.2) is 0 Å². The van der Waals surface area contributed by atoms with E-state index in [2.05, 4.69) is 21.2 Å². The summed E-state index contributed by atoms with van der Waals surface area (Å²) in [5, 5.41) is 2.68. The number of carbonyl (C=O) groups is 1. The van der Waals surface area contributed by atoms with Crippen molar-refractivity contribution in [1.29, 1.82) is 0 Å². The summed E-state index contributed by atoms with van der Waals surface area (Å²) < 4.78 is 25.4. The predicted octanol–water partition coefficient (Wildman–Crippen LogP) is 2.31. The summed E-state index contributed by atoms with van der Waals surface area (Å²) in [5.74, 6) is -0.191. The molecule has 0 atom stereocenters. The molecular weight excluding hydrogens is 344 g/mol. The quantitative estimate of drug-likeness (QED) is 0.844. The second kappa shape index (κ2) is 7.19. The van der Waals surface area contributed by atoms with E-state index in [1.165, 1.54) is 4.31 Å². The Hall–Kier alpha value is -0.920. The fraction of sp³-hybridized carbons (Fsp3) is 0.462. The molecule has 20 heavy (non-hydrogen) atoms. The molecule has 112 valence electrons. The molecule has 0 bridgehead atoms. The van der Waals surface area contributed by atoms with Crippen LogP contribution in [0, 0.1) is 5.92 Å². The standard InChI is InChI=1S/C13H19BrN2O3S/c1-10(2)8-16(20(3,18)19)9-13(17)15-12-6-4-11(14)5-7-12/h4-7,10H,8-9H2,1-3H3,(H,15,17). The van der Waals surface area contributed by atoms with E-state index in [1.807, 2.05) is 13.8 Å². The number of benzene rings is 1. The molecule has 0 aromatic heterocycles. The average molecular weight is 363 g/mol. The summed E-state index contributed by atoms with van der Waals surface area (Å²) in [6.07, 6.45) is 1.11. The lowest BCUT2D eigenvalue weighted by molar-refractivity contribution is -0.116. The Bertz CT molecular complexity index is 555. The SMILES string of the molecule is CC(C)CN(CC(=O)Nc1ccc(Br)cc1)S(C)(=O)=O. The maximum atomic E-state index is 11.9. The van der Waals surface area contributed by atoms with Crippen LogP contribution in [0.4, 0.5) is 5.69 Å². The lowest BCUT2D eigenvalue weighted by Crippen LogP contribution is -2.39. The van der Waals surface area contributed by atoms with Gasteiger partial charge in [-0.2, -0.15) is 4.31 Å². The molecule has 0 spiro atoms. The first-order valence-corrected chi connectivity index (χ1v) is 8.83. The van der Waals surface area contributed by atoms with Crippen molar-refractivity contribution in [3.63, 3.8) is 0 Å². The molecule has 0 heterocycles. The molecule has 0 aliphatic carbocycles. The molecule has 1 amide bonds. The average Bonchev–Trinajstić information content (AvgIpc) is 2.29. The lowest BCUT2D eigenvalue weighted by Gasteiger charge is -2.21. The van der Waals surface area contributed by atoms with Gasteiger partial charge in [0.25, 0.3) is 0 Å². The van der Waals surface area contributed by atoms with Crippen LogP contribution in [0.15, 0.2) is 28.7 Å². The number of rotatable bonds is 6. The van der Waals surface area contributed by atoms with Crippen LogP contribution < -0.4 is 5.32 Å². The first kappa shape index (κ1) is 17.1. The predicted molar refractivity (Wildman–Crippen MR) is 84.0 cm³/mol. The highest BCUT2D eigenvalue weighted by atomic mass is 79.9. The Balaban J connectivity index is 2.69. The Labute approximate surface area is 128 Å². The van der Waals surface area contributed by atoms with Crippen LogP contribution in [0.5, 0.6) is 0 Å². The molecule has 1 N–H and O–H groups in total. The zero-order valence-corrected chi connectivity index (χ0v) is 14.2. The van der Waals surface area contributed by atoms with Crippen LogP contribution in [0.1, 0.15) is 13.8 Å². The van der Waals surface area contributed by atoms with Gasteiger partial charge in [-0.1, -0.05) is 29.8 Å². The molecule has 1 aromatic rings. The van der Waals surface area contributed by atoms with Crippen LogP contribution in [0.2, 0.25) is 0 Å². The number of sulfonamides is 1. The number of nitrogens with zero attached hydrogens (tertiary/aromatic N) is 1. The third-order valence-electron chi connectivity index (χ3n) is 2.49. The van der Waals surface area contributed by atoms with E-state index in [9.17, 15) is 13.2 Å². The van der Waals surface area contributed by atoms with E-state index < -0.39 is 10.0 Å². The van der Waals surface area contributed by atoms with Crippen LogP contribution in [-0.2, 0) is 14.8 Å². The number of halogens is 1. The Kier molecular flexibility index (Phi) is 6.16. The van der Waals surface area contributed by atoms with Gasteiger partial charge in [-0.25, -0.2) is 8.42 Å². The van der Waals surface area contributed by atoms with E-state index in [0.29, 0.717) is 12.2 Å². The molecular formula is C13H19BrN2O3S. The zero-order chi connectivity index (χ0) is 15.3. The van der Waals surface area contributed by atoms with Crippen molar-refractivity contribution in [2.24, 2.45) is 5.92 Å². The fourth-order valence-electron chi connectivity index (χ4n) is 1.62. The van der Waals surface area contributed by atoms with Gasteiger partial charge in [0.05, 0.1) is 12.8 Å². The van der Waals surface area contributed by atoms with E-state index >= 15 is 0 Å². The molecule has 0 aliphatic heterocycles. The smallest absolute Gasteiger partial charge is 0.239 e. The Morgan fingerprint density at radius 2 is 1.85 bits per heavy atom. The zero-order valence-electron chi connectivity index (χ0n) is 11.8. The van der Waals surface area contributed by atoms with Gasteiger partial charge in [0, 0.05) is 16.7 Å². The Morgan fingerprint density at radius 3 is 2.30 bits per heavy atom. The van der Waals surface area contributed by atoms with Gasteiger partial charge < -0.3 is 5.32 Å². The summed E-state index contributed by atoms with van der Waals surface area (Å²) in [4.78, 5) is 11.9. The van der Waals surface area contributed by atoms with Crippen molar-refractivity contribution in [1.82, 2.24) is 4.31 Å². The summed E-state index contributed by atoms with van der Waals surface area (Å²) in [6.45, 7) is 3.97. The van der Waals surface area contributed by atoms with Crippen LogP contribution in [0.3, 0.4) is 0 Å². The third kappa shape index (κ3) is 6.02. The van der Waals surface area contributed by atoms with Crippen LogP contribution in [-0.4, -0.2) is 38.0 Å².